The summed E-state index contributed by atoms with van der Waals surface area (Å²) in [5.41, 5.74) is 0. The van der Waals surface area contributed by atoms with Gasteiger partial charge in [-0.3, -0.25) is 0 Å². The van der Waals surface area contributed by atoms with Crippen LogP contribution in [0.2, 0.25) is 0 Å². The van der Waals surface area contributed by atoms with E-state index >= 15 is 0 Å². The molecule has 0 aromatic rings. The summed E-state index contributed by atoms with van der Waals surface area (Å²) >= 11 is 0. The number of ether oxygens (including phenoxy) is 1. The van der Waals surface area contributed by atoms with Gasteiger partial charge in [0.1, 0.15) is 6.61 Å². The van der Waals surface area contributed by atoms with Crippen LogP contribution in [0.15, 0.2) is 4.99 Å². The second-order valence-electron chi connectivity index (χ2n) is 4.33. The van der Waals surface area contributed by atoms with Crippen molar-refractivity contribution in [1.29, 1.82) is 0 Å². The normalized spacial score (nSPS) is 38.9. The highest BCUT2D eigenvalue weighted by atomic mass is 16.5. The fourth-order valence-corrected chi connectivity index (χ4v) is 2.22. The molecule has 1 aliphatic carbocycles. The van der Waals surface area contributed by atoms with E-state index in [-0.39, 0.29) is 0 Å². The Hall–Kier alpha value is -0.570. The molecule has 1 saturated carbocycles. The molecule has 2 heterocycles. The van der Waals surface area contributed by atoms with Crippen LogP contribution in [0.3, 0.4) is 0 Å². The van der Waals surface area contributed by atoms with E-state index in [2.05, 4.69) is 10.3 Å². The van der Waals surface area contributed by atoms with Crippen LogP contribution in [0, 0.1) is 5.92 Å². The highest BCUT2D eigenvalue weighted by Gasteiger charge is 2.37. The van der Waals surface area contributed by atoms with Gasteiger partial charge in [0.15, 0.2) is 0 Å². The Labute approximate surface area is 78.6 Å². The molecule has 3 nitrogen and oxygen atoms in total. The smallest absolute Gasteiger partial charge is 0.201 e. The minimum Gasteiger partial charge on any atom is -0.478 e. The topological polar surface area (TPSA) is 33.6 Å². The molecule has 3 heteroatoms. The average Bonchev–Trinajstić information content (AvgIpc) is 2.72. The number of rotatable bonds is 2. The molecule has 1 N–H and O–H groups in total. The summed E-state index contributed by atoms with van der Waals surface area (Å²) in [6.07, 6.45) is 5.20. The van der Waals surface area contributed by atoms with Gasteiger partial charge in [0.25, 0.3) is 0 Å². The Balaban J connectivity index is 1.66. The molecular weight excluding hydrogens is 164 g/mol. The van der Waals surface area contributed by atoms with Crippen LogP contribution in [-0.4, -0.2) is 31.1 Å². The average molecular weight is 180 g/mol. The van der Waals surface area contributed by atoms with E-state index in [0.29, 0.717) is 12.1 Å². The van der Waals surface area contributed by atoms with E-state index in [9.17, 15) is 0 Å². The Morgan fingerprint density at radius 1 is 1.31 bits per heavy atom. The number of hydrogen-bond donors (Lipinski definition) is 1. The first-order valence-electron chi connectivity index (χ1n) is 5.37. The highest BCUT2D eigenvalue weighted by Crippen LogP contribution is 2.36. The zero-order valence-electron chi connectivity index (χ0n) is 7.83. The van der Waals surface area contributed by atoms with E-state index in [1.807, 2.05) is 0 Å². The summed E-state index contributed by atoms with van der Waals surface area (Å²) in [6.45, 7) is 1.97. The van der Waals surface area contributed by atoms with Gasteiger partial charge in [0, 0.05) is 0 Å². The quantitative estimate of drug-likeness (QED) is 0.686. The van der Waals surface area contributed by atoms with Crippen molar-refractivity contribution < 1.29 is 4.74 Å². The summed E-state index contributed by atoms with van der Waals surface area (Å²) in [7, 11) is 0. The van der Waals surface area contributed by atoms with Gasteiger partial charge in [-0.25, -0.2) is 4.99 Å². The molecule has 0 bridgehead atoms. The fraction of sp³-hybridized carbons (Fsp3) is 0.900. The van der Waals surface area contributed by atoms with E-state index in [1.54, 1.807) is 0 Å². The van der Waals surface area contributed by atoms with Crippen LogP contribution >= 0.6 is 0 Å². The number of nitrogens with zero attached hydrogens (tertiary/aromatic N) is 1. The van der Waals surface area contributed by atoms with Crippen molar-refractivity contribution in [2.24, 2.45) is 10.9 Å². The van der Waals surface area contributed by atoms with Crippen LogP contribution in [0.5, 0.6) is 0 Å². The van der Waals surface area contributed by atoms with Crippen LogP contribution in [-0.2, 0) is 4.74 Å². The second-order valence-corrected chi connectivity index (χ2v) is 4.33. The van der Waals surface area contributed by atoms with Crippen molar-refractivity contribution in [3.8, 4) is 0 Å². The van der Waals surface area contributed by atoms with E-state index < -0.39 is 0 Å². The van der Waals surface area contributed by atoms with E-state index in [1.165, 1.54) is 25.7 Å². The van der Waals surface area contributed by atoms with Crippen molar-refractivity contribution in [3.05, 3.63) is 0 Å². The number of hydrogen-bond acceptors (Lipinski definition) is 3. The minimum atomic E-state index is 0.434. The molecule has 2 aliphatic heterocycles. The van der Waals surface area contributed by atoms with Crippen molar-refractivity contribution in [3.63, 3.8) is 0 Å². The molecular formula is C10H16N2O. The molecule has 1 saturated heterocycles. The van der Waals surface area contributed by atoms with Gasteiger partial charge in [-0.05, 0) is 38.1 Å². The Morgan fingerprint density at radius 3 is 2.92 bits per heavy atom. The second kappa shape index (κ2) is 2.98. The maximum atomic E-state index is 5.64. The molecule has 2 fully saturated rings. The van der Waals surface area contributed by atoms with Crippen molar-refractivity contribution >= 4 is 5.90 Å². The minimum absolute atomic E-state index is 0.434. The summed E-state index contributed by atoms with van der Waals surface area (Å²) < 4.78 is 5.64. The van der Waals surface area contributed by atoms with Gasteiger partial charge in [0.2, 0.25) is 5.90 Å². The van der Waals surface area contributed by atoms with Crippen LogP contribution < -0.4 is 5.32 Å². The van der Waals surface area contributed by atoms with Crippen molar-refractivity contribution in [2.75, 3.05) is 13.2 Å². The predicted octanol–water partition coefficient (Wildman–Crippen LogP) is 0.946. The van der Waals surface area contributed by atoms with Crippen molar-refractivity contribution in [2.45, 2.75) is 37.8 Å². The standard InChI is InChI=1S/C10H16N2O/c1-2-8(11-5-1)10-12-9(6-13-10)7-3-4-7/h7-9,11H,1-6H2. The number of nitrogens with one attached hydrogen (secondary N) is 1. The van der Waals surface area contributed by atoms with Gasteiger partial charge in [-0.1, -0.05) is 0 Å². The molecule has 0 aromatic heterocycles. The number of aliphatic imine (C=N–C) groups is 1. The maximum absolute atomic E-state index is 5.64. The van der Waals surface area contributed by atoms with Gasteiger partial charge >= 0.3 is 0 Å². The van der Waals surface area contributed by atoms with Gasteiger partial charge in [-0.2, -0.15) is 0 Å². The zero-order valence-corrected chi connectivity index (χ0v) is 7.83. The first kappa shape index (κ1) is 7.80. The predicted molar refractivity (Wildman–Crippen MR) is 50.9 cm³/mol. The monoisotopic (exact) mass is 180 g/mol. The molecule has 0 radical (unpaired) electrons. The third-order valence-electron chi connectivity index (χ3n) is 3.22. The Morgan fingerprint density at radius 2 is 2.23 bits per heavy atom. The molecule has 13 heavy (non-hydrogen) atoms. The zero-order chi connectivity index (χ0) is 8.67. The first-order chi connectivity index (χ1) is 6.43. The lowest BCUT2D eigenvalue weighted by atomic mass is 10.2. The summed E-state index contributed by atoms with van der Waals surface area (Å²) in [4.78, 5) is 4.66. The molecule has 0 aromatic carbocycles. The first-order valence-corrected chi connectivity index (χ1v) is 5.37. The van der Waals surface area contributed by atoms with E-state index in [0.717, 1.165) is 25.0 Å². The summed E-state index contributed by atoms with van der Waals surface area (Å²) in [5.74, 6) is 1.84. The third-order valence-corrected chi connectivity index (χ3v) is 3.22. The van der Waals surface area contributed by atoms with Gasteiger partial charge in [0.05, 0.1) is 12.1 Å². The Kier molecular flexibility index (Phi) is 1.79. The van der Waals surface area contributed by atoms with E-state index in [4.69, 9.17) is 4.74 Å². The van der Waals surface area contributed by atoms with Crippen LogP contribution in [0.1, 0.15) is 25.7 Å². The highest BCUT2D eigenvalue weighted by molar-refractivity contribution is 5.83. The Bertz CT molecular complexity index is 229. The van der Waals surface area contributed by atoms with Crippen LogP contribution in [0.25, 0.3) is 0 Å². The van der Waals surface area contributed by atoms with Crippen molar-refractivity contribution in [1.82, 2.24) is 5.32 Å². The molecule has 0 amide bonds. The lowest BCUT2D eigenvalue weighted by Crippen LogP contribution is -2.30. The lowest BCUT2D eigenvalue weighted by molar-refractivity contribution is 0.294. The SMILES string of the molecule is C1CNC(C2=NC(C3CC3)CO2)C1. The maximum Gasteiger partial charge on any atom is 0.201 e. The summed E-state index contributed by atoms with van der Waals surface area (Å²) in [6, 6.07) is 0.932. The largest absolute Gasteiger partial charge is 0.478 e. The molecule has 2 unspecified atom stereocenters. The fourth-order valence-electron chi connectivity index (χ4n) is 2.22. The van der Waals surface area contributed by atoms with Gasteiger partial charge in [-0.15, -0.1) is 0 Å². The molecule has 0 spiro atoms. The molecule has 72 valence electrons. The summed E-state index contributed by atoms with van der Waals surface area (Å²) in [5, 5.41) is 3.42. The molecule has 2 atom stereocenters. The third kappa shape index (κ3) is 1.46. The van der Waals surface area contributed by atoms with Gasteiger partial charge < -0.3 is 10.1 Å². The molecule has 3 aliphatic rings. The lowest BCUT2D eigenvalue weighted by Gasteiger charge is -2.08. The van der Waals surface area contributed by atoms with Crippen LogP contribution in [0.4, 0.5) is 0 Å². The molecule has 3 rings (SSSR count).